The average Bonchev–Trinajstić information content (AvgIpc) is 4.04. The molecule has 16 nitrogen and oxygen atoms in total. The molecule has 2 N–H and O–H groups in total. The highest BCUT2D eigenvalue weighted by Crippen LogP contribution is 2.33. The number of ether oxygens (including phenoxy) is 4. The number of methoxy groups -OCH3 is 3. The van der Waals surface area contributed by atoms with E-state index in [1.807, 2.05) is 46.8 Å². The number of carbonyl (C=O) groups is 3. The minimum absolute atomic E-state index is 0.0547. The molecule has 61 heavy (non-hydrogen) atoms. The number of hydrogen-bond donors (Lipinski definition) is 2. The first-order valence-corrected chi connectivity index (χ1v) is 21.2. The number of fused-ring (bicyclic) bond motifs is 8. The van der Waals surface area contributed by atoms with Crippen molar-refractivity contribution in [1.82, 2.24) is 19.9 Å². The fourth-order valence-electron chi connectivity index (χ4n) is 7.80. The van der Waals surface area contributed by atoms with Gasteiger partial charge in [0.25, 0.3) is 0 Å². The van der Waals surface area contributed by atoms with Crippen LogP contribution in [0.4, 0.5) is 0 Å². The van der Waals surface area contributed by atoms with E-state index in [4.69, 9.17) is 32.2 Å². The molecule has 1 aliphatic heterocycles. The van der Waals surface area contributed by atoms with E-state index in [1.165, 1.54) is 30.8 Å². The summed E-state index contributed by atoms with van der Waals surface area (Å²) in [6.45, 7) is 9.70. The van der Waals surface area contributed by atoms with Gasteiger partial charge in [0.05, 0.1) is 30.8 Å². The predicted molar refractivity (Wildman–Crippen MR) is 225 cm³/mol. The number of amides is 1. The number of ketones is 1. The maximum Gasteiger partial charge on any atom is 0.308 e. The van der Waals surface area contributed by atoms with Crippen LogP contribution >= 0.6 is 0 Å². The second-order valence-electron chi connectivity index (χ2n) is 16.5. The molecule has 0 fully saturated rings. The maximum absolute atomic E-state index is 13.4. The van der Waals surface area contributed by atoms with E-state index in [2.05, 4.69) is 15.0 Å². The van der Waals surface area contributed by atoms with Gasteiger partial charge in [0.15, 0.2) is 11.4 Å². The van der Waals surface area contributed by atoms with Crippen LogP contribution in [0.5, 0.6) is 0 Å². The van der Waals surface area contributed by atoms with E-state index in [9.17, 15) is 24.6 Å². The Morgan fingerprint density at radius 1 is 0.967 bits per heavy atom. The number of aliphatic hydroxyl groups is 2. The van der Waals surface area contributed by atoms with Gasteiger partial charge in [-0.25, -0.2) is 15.0 Å². The van der Waals surface area contributed by atoms with Crippen LogP contribution in [-0.2, 0) is 33.3 Å². The number of nitrogens with zero attached hydrogens (tertiary/aromatic N) is 4. The first kappa shape index (κ1) is 49.2. The fraction of sp³-hybridized carbons (Fsp3) is 0.644. The molecule has 338 valence electrons. The van der Waals surface area contributed by atoms with Crippen LogP contribution in [0.3, 0.4) is 0 Å². The number of esters is 1. The molecule has 3 aromatic heterocycles. The van der Waals surface area contributed by atoms with Crippen molar-refractivity contribution in [2.75, 3.05) is 28.4 Å². The molecule has 4 rings (SSSR count). The van der Waals surface area contributed by atoms with Crippen LogP contribution < -0.4 is 0 Å². The minimum atomic E-state index is -0.969. The smallest absolute Gasteiger partial charge is 0.308 e. The molecule has 3 aromatic rings. The van der Waals surface area contributed by atoms with E-state index in [-0.39, 0.29) is 72.2 Å². The van der Waals surface area contributed by atoms with Crippen molar-refractivity contribution in [3.63, 3.8) is 0 Å². The topological polar surface area (TPSA) is 210 Å². The quantitative estimate of drug-likeness (QED) is 0.114. The van der Waals surface area contributed by atoms with E-state index in [0.717, 1.165) is 0 Å². The lowest BCUT2D eigenvalue weighted by atomic mass is 9.85. The molecule has 0 spiro atoms. The van der Waals surface area contributed by atoms with Crippen LogP contribution in [0, 0.1) is 29.6 Å². The number of Topliss-reactive ketones (excluding diaryl/α,β-unsaturated/α-hetero) is 1. The Labute approximate surface area is 359 Å². The zero-order valence-corrected chi connectivity index (χ0v) is 37.1. The summed E-state index contributed by atoms with van der Waals surface area (Å²) in [7, 11) is 6.38. The minimum Gasteiger partial charge on any atom is -0.462 e. The van der Waals surface area contributed by atoms with Crippen molar-refractivity contribution in [2.24, 2.45) is 29.6 Å². The van der Waals surface area contributed by atoms with Gasteiger partial charge in [-0.2, -0.15) is 0 Å². The molecule has 4 heterocycles. The summed E-state index contributed by atoms with van der Waals surface area (Å²) in [5.74, 6) is -0.708. The van der Waals surface area contributed by atoms with Crippen LogP contribution in [0.15, 0.2) is 50.4 Å². The average molecular weight is 855 g/mol. The Bertz CT molecular complexity index is 1850. The Balaban J connectivity index is 1.47. The standard InChI is InChI=1S/C45H66N4O12/c1-27-13-10-11-16-40-46-34(24-58-40)44-48-35(25-60-44)45-47-33(23-59-45)43(57-9)31(5)36(52)15-12-14-32(51)21-41(54)61-39(27)22-38(55-7)28(2)17-18-37(53)30(4)42(56-8)29(3)19-20-49(6)26-50/h11,16,19-20,23-32,36,38-39,42-43,51-52H,10,12-15,17-18,21-22H2,1-9H3/t27-,28+,29-,30+,31+,32+,36+,38+,39+,42-,43+/m1/s1. The highest BCUT2D eigenvalue weighted by atomic mass is 16.5. The molecule has 0 saturated carbocycles. The molecular formula is C45H66N4O12. The highest BCUT2D eigenvalue weighted by Gasteiger charge is 2.33. The number of aliphatic hydroxyl groups excluding tert-OH is 2. The molecule has 16 heteroatoms. The molecule has 1 amide bonds. The molecule has 11 atom stereocenters. The molecule has 0 aromatic carbocycles. The summed E-state index contributed by atoms with van der Waals surface area (Å²) in [4.78, 5) is 52.8. The van der Waals surface area contributed by atoms with Gasteiger partial charge in [0.2, 0.25) is 24.1 Å². The third-order valence-corrected chi connectivity index (χ3v) is 11.9. The van der Waals surface area contributed by atoms with Gasteiger partial charge < -0.3 is 47.3 Å². The van der Waals surface area contributed by atoms with Gasteiger partial charge in [-0.05, 0) is 56.4 Å². The Kier molecular flexibility index (Phi) is 19.5. The molecule has 0 saturated heterocycles. The number of carbonyl (C=O) groups excluding carboxylic acids is 3. The third-order valence-electron chi connectivity index (χ3n) is 11.9. The summed E-state index contributed by atoms with van der Waals surface area (Å²) in [6, 6.07) is 0. The Morgan fingerprint density at radius 3 is 2.38 bits per heavy atom. The second-order valence-corrected chi connectivity index (χ2v) is 16.5. The van der Waals surface area contributed by atoms with Crippen molar-refractivity contribution in [3.8, 4) is 23.2 Å². The van der Waals surface area contributed by atoms with Gasteiger partial charge >= 0.3 is 5.97 Å². The largest absolute Gasteiger partial charge is 0.462 e. The Morgan fingerprint density at radius 2 is 1.67 bits per heavy atom. The zero-order chi connectivity index (χ0) is 44.6. The van der Waals surface area contributed by atoms with E-state index < -0.39 is 30.4 Å². The van der Waals surface area contributed by atoms with Crippen LogP contribution in [-0.4, -0.2) is 107 Å². The number of hydrogen-bond acceptors (Lipinski definition) is 15. The molecule has 0 aliphatic carbocycles. The molecule has 6 bridgehead atoms. The fourth-order valence-corrected chi connectivity index (χ4v) is 7.80. The van der Waals surface area contributed by atoms with Crippen molar-refractivity contribution in [2.45, 2.75) is 129 Å². The van der Waals surface area contributed by atoms with Gasteiger partial charge in [0.1, 0.15) is 42.5 Å². The highest BCUT2D eigenvalue weighted by molar-refractivity contribution is 5.81. The van der Waals surface area contributed by atoms with Crippen LogP contribution in [0.25, 0.3) is 29.2 Å². The predicted octanol–water partition coefficient (Wildman–Crippen LogP) is 7.22. The summed E-state index contributed by atoms with van der Waals surface area (Å²) in [5.41, 5.74) is 1.22. The Hall–Kier alpha value is -4.48. The first-order valence-electron chi connectivity index (χ1n) is 21.2. The number of cyclic esters (lactones) is 1. The SMILES string of the molecule is CO[C@H]([C@H](C)C=CN(C)C=O)[C@@H](C)C(=O)CC[C@H](C)[C@H](C[C@@H]1OC(=O)C[C@@H](O)CCC[C@H](O)[C@H](C)[C@H](OC)c2coc(n2)-c2coc(n2)-c2coc(n2)C=CCC[C@H]1C)OC. The van der Waals surface area contributed by atoms with Crippen molar-refractivity contribution in [1.29, 1.82) is 0 Å². The summed E-state index contributed by atoms with van der Waals surface area (Å²) < 4.78 is 40.6. The van der Waals surface area contributed by atoms with E-state index in [0.29, 0.717) is 74.3 Å². The number of rotatable bonds is 15. The lowest BCUT2D eigenvalue weighted by molar-refractivity contribution is -0.156. The van der Waals surface area contributed by atoms with Gasteiger partial charge in [-0.15, -0.1) is 0 Å². The normalized spacial score (nSPS) is 24.8. The van der Waals surface area contributed by atoms with Crippen molar-refractivity contribution in [3.05, 3.63) is 48.7 Å². The lowest BCUT2D eigenvalue weighted by Crippen LogP contribution is -2.35. The van der Waals surface area contributed by atoms with E-state index in [1.54, 1.807) is 33.5 Å². The van der Waals surface area contributed by atoms with E-state index >= 15 is 0 Å². The number of allylic oxidation sites excluding steroid dienone is 1. The molecular weight excluding hydrogens is 789 g/mol. The van der Waals surface area contributed by atoms with Crippen LogP contribution in [0.1, 0.15) is 110 Å². The summed E-state index contributed by atoms with van der Waals surface area (Å²) in [5, 5.41) is 22.0. The molecule has 0 unspecified atom stereocenters. The first-order chi connectivity index (χ1) is 29.2. The monoisotopic (exact) mass is 854 g/mol. The number of aromatic nitrogens is 3. The van der Waals surface area contributed by atoms with Gasteiger partial charge in [0, 0.05) is 65.2 Å². The summed E-state index contributed by atoms with van der Waals surface area (Å²) in [6.07, 6.45) is 12.0. The lowest BCUT2D eigenvalue weighted by Gasteiger charge is -2.31. The van der Waals surface area contributed by atoms with Gasteiger partial charge in [-0.1, -0.05) is 46.8 Å². The zero-order valence-electron chi connectivity index (χ0n) is 37.1. The molecule has 0 radical (unpaired) electrons. The van der Waals surface area contributed by atoms with Gasteiger partial charge in [-0.3, -0.25) is 14.4 Å². The maximum atomic E-state index is 13.4. The van der Waals surface area contributed by atoms with Crippen LogP contribution in [0.2, 0.25) is 0 Å². The third kappa shape index (κ3) is 14.3. The van der Waals surface area contributed by atoms with Crippen molar-refractivity contribution >= 4 is 24.2 Å². The number of oxazole rings is 3. The van der Waals surface area contributed by atoms with Crippen molar-refractivity contribution < 1.29 is 56.8 Å². The molecule has 1 aliphatic rings. The summed E-state index contributed by atoms with van der Waals surface area (Å²) >= 11 is 0. The second kappa shape index (κ2) is 24.2.